The van der Waals surface area contributed by atoms with Gasteiger partial charge < -0.3 is 0 Å². The first-order valence-electron chi connectivity index (χ1n) is 4.37. The van der Waals surface area contributed by atoms with Gasteiger partial charge in [-0.15, -0.1) is 11.3 Å². The molecule has 0 nitrogen and oxygen atoms in total. The highest BCUT2D eigenvalue weighted by atomic mass is 32.1. The second-order valence-electron chi connectivity index (χ2n) is 3.00. The fourth-order valence-electron chi connectivity index (χ4n) is 1.47. The summed E-state index contributed by atoms with van der Waals surface area (Å²) in [6.07, 6.45) is 2.46. The van der Waals surface area contributed by atoms with Gasteiger partial charge in [0.05, 0.1) is 0 Å². The fourth-order valence-corrected chi connectivity index (χ4v) is 2.58. The molecule has 0 unspecified atom stereocenters. The van der Waals surface area contributed by atoms with Crippen LogP contribution < -0.4 is 0 Å². The maximum absolute atomic E-state index is 2.25. The van der Waals surface area contributed by atoms with Crippen molar-refractivity contribution in [1.82, 2.24) is 0 Å². The summed E-state index contributed by atoms with van der Waals surface area (Å²) in [6, 6.07) is 8.63. The van der Waals surface area contributed by atoms with Crippen LogP contribution in [0.4, 0.5) is 0 Å². The number of rotatable bonds is 2. The van der Waals surface area contributed by atoms with E-state index in [1.807, 2.05) is 11.3 Å². The molecular formula is C11H12S. The molecule has 0 radical (unpaired) electrons. The van der Waals surface area contributed by atoms with Gasteiger partial charge in [0, 0.05) is 4.88 Å². The number of hydrogen-bond donors (Lipinski definition) is 0. The molecule has 0 saturated carbocycles. The van der Waals surface area contributed by atoms with Gasteiger partial charge in [-0.3, -0.25) is 0 Å². The van der Waals surface area contributed by atoms with Gasteiger partial charge in [-0.2, -0.15) is 0 Å². The zero-order valence-corrected chi connectivity index (χ0v) is 8.03. The van der Waals surface area contributed by atoms with Gasteiger partial charge in [-0.05, 0) is 22.6 Å². The third-order valence-corrected chi connectivity index (χ3v) is 3.15. The number of thiophene rings is 1. The third-order valence-electron chi connectivity index (χ3n) is 2.07. The Morgan fingerprint density at radius 1 is 1.25 bits per heavy atom. The normalized spacial score (nSPS) is 10.8. The molecule has 1 heterocycles. The molecule has 0 fully saturated rings. The molecule has 0 amide bonds. The Bertz CT molecular complexity index is 373. The summed E-state index contributed by atoms with van der Waals surface area (Å²) in [6.45, 7) is 2.23. The first kappa shape index (κ1) is 7.81. The summed E-state index contributed by atoms with van der Waals surface area (Å²) in [5.74, 6) is 0. The Labute approximate surface area is 76.8 Å². The summed E-state index contributed by atoms with van der Waals surface area (Å²) >= 11 is 1.89. The average molecular weight is 176 g/mol. The molecule has 2 rings (SSSR count). The summed E-state index contributed by atoms with van der Waals surface area (Å²) in [5, 5.41) is 5.09. The lowest BCUT2D eigenvalue weighted by Gasteiger charge is -1.93. The first-order valence-corrected chi connectivity index (χ1v) is 5.25. The Kier molecular flexibility index (Phi) is 2.13. The van der Waals surface area contributed by atoms with Gasteiger partial charge >= 0.3 is 0 Å². The van der Waals surface area contributed by atoms with Crippen LogP contribution in [0.1, 0.15) is 18.2 Å². The van der Waals surface area contributed by atoms with Gasteiger partial charge in [0.15, 0.2) is 0 Å². The predicted molar refractivity (Wildman–Crippen MR) is 55.8 cm³/mol. The van der Waals surface area contributed by atoms with Crippen molar-refractivity contribution in [1.29, 1.82) is 0 Å². The van der Waals surface area contributed by atoms with Crippen LogP contribution in [0.15, 0.2) is 29.6 Å². The molecule has 12 heavy (non-hydrogen) atoms. The molecule has 0 aliphatic heterocycles. The van der Waals surface area contributed by atoms with Crippen LogP contribution >= 0.6 is 11.3 Å². The lowest BCUT2D eigenvalue weighted by atomic mass is 10.1. The SMILES string of the molecule is CCCc1scc2ccccc12. The predicted octanol–water partition coefficient (Wildman–Crippen LogP) is 3.85. The Morgan fingerprint density at radius 3 is 2.92 bits per heavy atom. The van der Waals surface area contributed by atoms with Crippen LogP contribution in [0.3, 0.4) is 0 Å². The van der Waals surface area contributed by atoms with Crippen LogP contribution in [0.5, 0.6) is 0 Å². The molecule has 2 aromatic rings. The molecule has 0 atom stereocenters. The van der Waals surface area contributed by atoms with Crippen LogP contribution in [-0.2, 0) is 6.42 Å². The summed E-state index contributed by atoms with van der Waals surface area (Å²) in [4.78, 5) is 1.54. The van der Waals surface area contributed by atoms with Gasteiger partial charge in [0.2, 0.25) is 0 Å². The lowest BCUT2D eigenvalue weighted by molar-refractivity contribution is 0.946. The van der Waals surface area contributed by atoms with Crippen molar-refractivity contribution >= 4 is 22.1 Å². The quantitative estimate of drug-likeness (QED) is 0.652. The van der Waals surface area contributed by atoms with Crippen molar-refractivity contribution in [3.63, 3.8) is 0 Å². The molecule has 1 aromatic carbocycles. The number of fused-ring (bicyclic) bond motifs is 1. The highest BCUT2D eigenvalue weighted by Crippen LogP contribution is 2.26. The Balaban J connectivity index is 2.55. The Morgan fingerprint density at radius 2 is 2.08 bits per heavy atom. The smallest absolute Gasteiger partial charge is 0.0124 e. The van der Waals surface area contributed by atoms with E-state index >= 15 is 0 Å². The zero-order chi connectivity index (χ0) is 8.39. The molecule has 1 aromatic heterocycles. The molecular weight excluding hydrogens is 164 g/mol. The van der Waals surface area contributed by atoms with E-state index in [9.17, 15) is 0 Å². The van der Waals surface area contributed by atoms with E-state index in [2.05, 4.69) is 36.6 Å². The van der Waals surface area contributed by atoms with E-state index in [1.54, 1.807) is 0 Å². The van der Waals surface area contributed by atoms with E-state index in [4.69, 9.17) is 0 Å². The minimum absolute atomic E-state index is 1.22. The number of benzene rings is 1. The monoisotopic (exact) mass is 176 g/mol. The van der Waals surface area contributed by atoms with Crippen molar-refractivity contribution in [2.45, 2.75) is 19.8 Å². The van der Waals surface area contributed by atoms with E-state index in [0.29, 0.717) is 0 Å². The molecule has 0 aliphatic rings. The number of aryl methyl sites for hydroxylation is 1. The highest BCUT2D eigenvalue weighted by Gasteiger charge is 2.00. The molecule has 1 heteroatoms. The summed E-state index contributed by atoms with van der Waals surface area (Å²) in [7, 11) is 0. The second kappa shape index (κ2) is 3.28. The van der Waals surface area contributed by atoms with Crippen molar-refractivity contribution in [3.8, 4) is 0 Å². The first-order chi connectivity index (χ1) is 5.92. The van der Waals surface area contributed by atoms with E-state index in [-0.39, 0.29) is 0 Å². The average Bonchev–Trinajstić information content (AvgIpc) is 2.50. The third kappa shape index (κ3) is 1.25. The standard InChI is InChI=1S/C11H12S/c1-2-5-11-10-7-4-3-6-9(10)8-12-11/h3-4,6-8H,2,5H2,1H3. The molecule has 0 aliphatic carbocycles. The highest BCUT2D eigenvalue weighted by molar-refractivity contribution is 7.11. The largest absolute Gasteiger partial charge is 0.148 e. The van der Waals surface area contributed by atoms with Crippen LogP contribution in [0.2, 0.25) is 0 Å². The maximum atomic E-state index is 2.25. The van der Waals surface area contributed by atoms with Crippen molar-refractivity contribution in [2.75, 3.05) is 0 Å². The van der Waals surface area contributed by atoms with Crippen molar-refractivity contribution in [3.05, 3.63) is 34.5 Å². The topological polar surface area (TPSA) is 0 Å². The summed E-state index contributed by atoms with van der Waals surface area (Å²) < 4.78 is 0. The van der Waals surface area contributed by atoms with E-state index in [0.717, 1.165) is 0 Å². The molecule has 0 saturated heterocycles. The van der Waals surface area contributed by atoms with Gasteiger partial charge in [0.25, 0.3) is 0 Å². The van der Waals surface area contributed by atoms with Crippen LogP contribution in [-0.4, -0.2) is 0 Å². The summed E-state index contributed by atoms with van der Waals surface area (Å²) in [5.41, 5.74) is 0. The zero-order valence-electron chi connectivity index (χ0n) is 7.21. The molecule has 0 N–H and O–H groups in total. The van der Waals surface area contributed by atoms with Gasteiger partial charge in [-0.25, -0.2) is 0 Å². The van der Waals surface area contributed by atoms with E-state index < -0.39 is 0 Å². The minimum atomic E-state index is 1.22. The Hall–Kier alpha value is -0.820. The number of hydrogen-bond acceptors (Lipinski definition) is 1. The molecule has 62 valence electrons. The van der Waals surface area contributed by atoms with Gasteiger partial charge in [0.1, 0.15) is 0 Å². The maximum Gasteiger partial charge on any atom is 0.0124 e. The lowest BCUT2D eigenvalue weighted by Crippen LogP contribution is -1.76. The second-order valence-corrected chi connectivity index (χ2v) is 3.96. The molecule has 0 bridgehead atoms. The van der Waals surface area contributed by atoms with Crippen LogP contribution in [0.25, 0.3) is 10.8 Å². The fraction of sp³-hybridized carbons (Fsp3) is 0.273. The van der Waals surface area contributed by atoms with E-state index in [1.165, 1.54) is 28.5 Å². The van der Waals surface area contributed by atoms with Gasteiger partial charge in [-0.1, -0.05) is 37.6 Å². The van der Waals surface area contributed by atoms with Crippen LogP contribution in [0, 0.1) is 0 Å². The molecule has 0 spiro atoms. The van der Waals surface area contributed by atoms with Crippen molar-refractivity contribution in [2.24, 2.45) is 0 Å². The minimum Gasteiger partial charge on any atom is -0.148 e. The van der Waals surface area contributed by atoms with Crippen molar-refractivity contribution < 1.29 is 0 Å².